The van der Waals surface area contributed by atoms with Crippen LogP contribution in [0.2, 0.25) is 5.02 Å². The molecule has 0 aromatic heterocycles. The van der Waals surface area contributed by atoms with Crippen molar-refractivity contribution in [2.45, 2.75) is 38.6 Å². The Morgan fingerprint density at radius 3 is 2.27 bits per heavy atom. The smallest absolute Gasteiger partial charge is 0.252 e. The second kappa shape index (κ2) is 10.6. The van der Waals surface area contributed by atoms with Crippen LogP contribution in [0.5, 0.6) is 0 Å². The van der Waals surface area contributed by atoms with Gasteiger partial charge < -0.3 is 10.2 Å². The standard InChI is InChI=1S/C24H30ClN3O4S/c1-16(2)22(26-23(29)19-5-4-6-21(15-19)27-33(3,31)32)24(30)28-13-11-18(12-14-28)17-7-9-20(25)10-8-17/h4-10,15-16,18,22,27H,11-14H2,1-3H3,(H,26,29)/t22-/m1/s1. The molecular formula is C24H30ClN3O4S. The van der Waals surface area contributed by atoms with Gasteiger partial charge in [0.15, 0.2) is 0 Å². The third-order valence-electron chi connectivity index (χ3n) is 5.80. The Bertz CT molecular complexity index is 1090. The number of nitrogens with one attached hydrogen (secondary N) is 2. The molecule has 2 aromatic carbocycles. The molecule has 2 amide bonds. The molecular weight excluding hydrogens is 462 g/mol. The first kappa shape index (κ1) is 25.1. The van der Waals surface area contributed by atoms with Crippen LogP contribution >= 0.6 is 11.6 Å². The van der Waals surface area contributed by atoms with Gasteiger partial charge in [-0.05, 0) is 60.6 Å². The first-order chi connectivity index (χ1) is 15.5. The number of likely N-dealkylation sites (tertiary alicyclic amines) is 1. The summed E-state index contributed by atoms with van der Waals surface area (Å²) in [5.74, 6) is -0.246. The summed E-state index contributed by atoms with van der Waals surface area (Å²) in [6, 6.07) is 13.4. The minimum absolute atomic E-state index is 0.0988. The van der Waals surface area contributed by atoms with E-state index in [9.17, 15) is 18.0 Å². The van der Waals surface area contributed by atoms with Crippen LogP contribution in [0.3, 0.4) is 0 Å². The number of piperidine rings is 1. The van der Waals surface area contributed by atoms with Gasteiger partial charge in [-0.1, -0.05) is 43.6 Å². The Morgan fingerprint density at radius 2 is 1.70 bits per heavy atom. The van der Waals surface area contributed by atoms with E-state index in [0.29, 0.717) is 29.7 Å². The Balaban J connectivity index is 1.64. The number of hydrogen-bond donors (Lipinski definition) is 2. The largest absolute Gasteiger partial charge is 0.341 e. The zero-order valence-electron chi connectivity index (χ0n) is 19.0. The maximum Gasteiger partial charge on any atom is 0.252 e. The molecule has 0 spiro atoms. The van der Waals surface area contributed by atoms with Crippen LogP contribution < -0.4 is 10.0 Å². The molecule has 0 unspecified atom stereocenters. The van der Waals surface area contributed by atoms with Crippen molar-refractivity contribution >= 4 is 39.1 Å². The fraction of sp³-hybridized carbons (Fsp3) is 0.417. The summed E-state index contributed by atoms with van der Waals surface area (Å²) in [6.07, 6.45) is 2.75. The third-order valence-corrected chi connectivity index (χ3v) is 6.65. The van der Waals surface area contributed by atoms with Crippen LogP contribution in [0.1, 0.15) is 48.5 Å². The van der Waals surface area contributed by atoms with Gasteiger partial charge >= 0.3 is 0 Å². The molecule has 1 saturated heterocycles. The SMILES string of the molecule is CC(C)[C@@H](NC(=O)c1cccc(NS(C)(=O)=O)c1)C(=O)N1CCC(c2ccc(Cl)cc2)CC1. The number of sulfonamides is 1. The van der Waals surface area contributed by atoms with Gasteiger partial charge in [0.25, 0.3) is 5.91 Å². The lowest BCUT2D eigenvalue weighted by molar-refractivity contribution is -0.135. The summed E-state index contributed by atoms with van der Waals surface area (Å²) in [4.78, 5) is 27.9. The highest BCUT2D eigenvalue weighted by Crippen LogP contribution is 2.29. The summed E-state index contributed by atoms with van der Waals surface area (Å²) < 4.78 is 25.3. The number of rotatable bonds is 7. The second-order valence-electron chi connectivity index (χ2n) is 8.80. The molecule has 1 heterocycles. The lowest BCUT2D eigenvalue weighted by Crippen LogP contribution is -2.52. The number of anilines is 1. The zero-order valence-corrected chi connectivity index (χ0v) is 20.6. The molecule has 1 aliphatic rings. The topological polar surface area (TPSA) is 95.6 Å². The molecule has 0 saturated carbocycles. The summed E-state index contributed by atoms with van der Waals surface area (Å²) in [5.41, 5.74) is 1.80. The minimum Gasteiger partial charge on any atom is -0.341 e. The normalized spacial score (nSPS) is 15.8. The molecule has 33 heavy (non-hydrogen) atoms. The van der Waals surface area contributed by atoms with Crippen LogP contribution in [-0.4, -0.2) is 50.5 Å². The van der Waals surface area contributed by atoms with Gasteiger partial charge in [0.1, 0.15) is 6.04 Å². The predicted octanol–water partition coefficient (Wildman–Crippen LogP) is 3.87. The lowest BCUT2D eigenvalue weighted by atomic mass is 9.89. The highest BCUT2D eigenvalue weighted by Gasteiger charge is 2.31. The molecule has 7 nitrogen and oxygen atoms in total. The van der Waals surface area contributed by atoms with Crippen molar-refractivity contribution in [3.05, 3.63) is 64.7 Å². The van der Waals surface area contributed by atoms with Crippen molar-refractivity contribution in [1.82, 2.24) is 10.2 Å². The summed E-state index contributed by atoms with van der Waals surface area (Å²) in [6.45, 7) is 5.04. The van der Waals surface area contributed by atoms with E-state index >= 15 is 0 Å². The maximum atomic E-state index is 13.3. The average Bonchev–Trinajstić information content (AvgIpc) is 2.76. The predicted molar refractivity (Wildman–Crippen MR) is 131 cm³/mol. The number of carbonyl (C=O) groups excluding carboxylic acids is 2. The fourth-order valence-corrected chi connectivity index (χ4v) is 4.72. The van der Waals surface area contributed by atoms with Gasteiger partial charge in [0.2, 0.25) is 15.9 Å². The number of benzene rings is 2. The molecule has 0 radical (unpaired) electrons. The van der Waals surface area contributed by atoms with E-state index in [1.807, 2.05) is 43.0 Å². The monoisotopic (exact) mass is 491 g/mol. The van der Waals surface area contributed by atoms with Crippen LogP contribution in [0.25, 0.3) is 0 Å². The van der Waals surface area contributed by atoms with E-state index < -0.39 is 22.0 Å². The van der Waals surface area contributed by atoms with Gasteiger partial charge in [-0.15, -0.1) is 0 Å². The minimum atomic E-state index is -3.46. The summed E-state index contributed by atoms with van der Waals surface area (Å²) in [5, 5.41) is 3.55. The highest BCUT2D eigenvalue weighted by atomic mass is 35.5. The van der Waals surface area contributed by atoms with E-state index in [1.165, 1.54) is 11.6 Å². The van der Waals surface area contributed by atoms with Crippen LogP contribution in [0.4, 0.5) is 5.69 Å². The van der Waals surface area contributed by atoms with E-state index in [2.05, 4.69) is 10.0 Å². The van der Waals surface area contributed by atoms with Crippen molar-refractivity contribution in [2.75, 3.05) is 24.1 Å². The number of amides is 2. The molecule has 3 rings (SSSR count). The van der Waals surface area contributed by atoms with Crippen molar-refractivity contribution < 1.29 is 18.0 Å². The molecule has 9 heteroatoms. The van der Waals surface area contributed by atoms with Gasteiger partial charge in [-0.2, -0.15) is 0 Å². The number of nitrogens with zero attached hydrogens (tertiary/aromatic N) is 1. The molecule has 0 aliphatic carbocycles. The molecule has 2 aromatic rings. The molecule has 0 bridgehead atoms. The van der Waals surface area contributed by atoms with Gasteiger partial charge in [-0.25, -0.2) is 8.42 Å². The van der Waals surface area contributed by atoms with E-state index in [1.54, 1.807) is 18.2 Å². The van der Waals surface area contributed by atoms with Crippen molar-refractivity contribution in [3.8, 4) is 0 Å². The Morgan fingerprint density at radius 1 is 1.06 bits per heavy atom. The molecule has 178 valence electrons. The van der Waals surface area contributed by atoms with Gasteiger partial charge in [-0.3, -0.25) is 14.3 Å². The fourth-order valence-electron chi connectivity index (χ4n) is 4.04. The van der Waals surface area contributed by atoms with E-state index in [4.69, 9.17) is 11.6 Å². The van der Waals surface area contributed by atoms with Gasteiger partial charge in [0.05, 0.1) is 6.26 Å². The Kier molecular flexibility index (Phi) is 8.02. The summed E-state index contributed by atoms with van der Waals surface area (Å²) in [7, 11) is -3.46. The first-order valence-electron chi connectivity index (χ1n) is 11.0. The van der Waals surface area contributed by atoms with Crippen LogP contribution in [0, 0.1) is 5.92 Å². The van der Waals surface area contributed by atoms with Gasteiger partial charge in [0, 0.05) is 29.4 Å². The average molecular weight is 492 g/mol. The number of hydrogen-bond acceptors (Lipinski definition) is 4. The maximum absolute atomic E-state index is 13.3. The van der Waals surface area contributed by atoms with Crippen molar-refractivity contribution in [2.24, 2.45) is 5.92 Å². The third kappa shape index (κ3) is 6.95. The highest BCUT2D eigenvalue weighted by molar-refractivity contribution is 7.92. The Hall–Kier alpha value is -2.58. The quantitative estimate of drug-likeness (QED) is 0.614. The molecule has 1 atom stereocenters. The second-order valence-corrected chi connectivity index (χ2v) is 11.0. The first-order valence-corrected chi connectivity index (χ1v) is 13.2. The molecule has 1 aliphatic heterocycles. The van der Waals surface area contributed by atoms with Crippen molar-refractivity contribution in [1.29, 1.82) is 0 Å². The van der Waals surface area contributed by atoms with Crippen molar-refractivity contribution in [3.63, 3.8) is 0 Å². The summed E-state index contributed by atoms with van der Waals surface area (Å²) >= 11 is 5.98. The van der Waals surface area contributed by atoms with Crippen LogP contribution in [0.15, 0.2) is 48.5 Å². The number of halogens is 1. The number of carbonyl (C=O) groups is 2. The van der Waals surface area contributed by atoms with E-state index in [0.717, 1.165) is 19.1 Å². The molecule has 1 fully saturated rings. The zero-order chi connectivity index (χ0) is 24.2. The van der Waals surface area contributed by atoms with E-state index in [-0.39, 0.29) is 17.4 Å². The molecule has 2 N–H and O–H groups in total. The van der Waals surface area contributed by atoms with Crippen LogP contribution in [-0.2, 0) is 14.8 Å². The lowest BCUT2D eigenvalue weighted by Gasteiger charge is -2.35. The Labute approximate surface area is 200 Å².